The van der Waals surface area contributed by atoms with Crippen LogP contribution in [0.2, 0.25) is 5.02 Å². The van der Waals surface area contributed by atoms with Crippen molar-refractivity contribution < 1.29 is 0 Å². The summed E-state index contributed by atoms with van der Waals surface area (Å²) in [6.07, 6.45) is 4.42. The Morgan fingerprint density at radius 3 is 3.00 bits per heavy atom. The molecule has 0 amide bonds. The van der Waals surface area contributed by atoms with Crippen LogP contribution in [0.15, 0.2) is 30.6 Å². The molecule has 19 heavy (non-hydrogen) atoms. The van der Waals surface area contributed by atoms with Crippen LogP contribution >= 0.6 is 23.8 Å². The molecule has 2 aromatic rings. The minimum Gasteiger partial charge on any atom is -0.389 e. The molecule has 0 aliphatic carbocycles. The summed E-state index contributed by atoms with van der Waals surface area (Å²) in [5.74, 6) is 0. The van der Waals surface area contributed by atoms with E-state index in [-0.39, 0.29) is 0 Å². The van der Waals surface area contributed by atoms with Crippen molar-refractivity contribution in [2.75, 3.05) is 11.9 Å². The minimum absolute atomic E-state index is 0.335. The van der Waals surface area contributed by atoms with Crippen molar-refractivity contribution in [3.63, 3.8) is 0 Å². The summed E-state index contributed by atoms with van der Waals surface area (Å²) in [4.78, 5) is 0.335. The van der Waals surface area contributed by atoms with Gasteiger partial charge in [-0.1, -0.05) is 29.0 Å². The molecule has 0 aliphatic rings. The van der Waals surface area contributed by atoms with Gasteiger partial charge in [0.25, 0.3) is 0 Å². The lowest BCUT2D eigenvalue weighted by atomic mass is 10.1. The average molecular weight is 296 g/mol. The molecule has 7 heteroatoms. The van der Waals surface area contributed by atoms with Crippen LogP contribution in [0.3, 0.4) is 0 Å². The Morgan fingerprint density at radius 1 is 1.47 bits per heavy atom. The highest BCUT2D eigenvalue weighted by molar-refractivity contribution is 7.80. The lowest BCUT2D eigenvalue weighted by molar-refractivity contribution is 0.570. The molecule has 0 spiro atoms. The molecule has 100 valence electrons. The van der Waals surface area contributed by atoms with E-state index in [2.05, 4.69) is 15.6 Å². The summed E-state index contributed by atoms with van der Waals surface area (Å²) in [6, 6.07) is 5.46. The zero-order valence-electron chi connectivity index (χ0n) is 10.2. The van der Waals surface area contributed by atoms with E-state index >= 15 is 0 Å². The van der Waals surface area contributed by atoms with Gasteiger partial charge in [0.2, 0.25) is 0 Å². The monoisotopic (exact) mass is 295 g/mol. The molecular formula is C12H14ClN5S. The Kier molecular flexibility index (Phi) is 4.70. The molecule has 5 nitrogen and oxygen atoms in total. The highest BCUT2D eigenvalue weighted by Crippen LogP contribution is 2.20. The molecule has 0 bridgehead atoms. The van der Waals surface area contributed by atoms with Gasteiger partial charge in [-0.25, -0.2) is 0 Å². The van der Waals surface area contributed by atoms with Crippen LogP contribution in [0.5, 0.6) is 0 Å². The fourth-order valence-electron chi connectivity index (χ4n) is 1.69. The third kappa shape index (κ3) is 3.90. The maximum Gasteiger partial charge on any atom is 0.106 e. The summed E-state index contributed by atoms with van der Waals surface area (Å²) < 4.78 is 1.79. The number of halogens is 1. The third-order valence-corrected chi connectivity index (χ3v) is 3.05. The van der Waals surface area contributed by atoms with Crippen molar-refractivity contribution in [3.05, 3.63) is 41.2 Å². The summed E-state index contributed by atoms with van der Waals surface area (Å²) in [5.41, 5.74) is 7.34. The Balaban J connectivity index is 1.90. The van der Waals surface area contributed by atoms with Crippen LogP contribution in [0.25, 0.3) is 0 Å². The van der Waals surface area contributed by atoms with Crippen LogP contribution in [-0.4, -0.2) is 26.5 Å². The van der Waals surface area contributed by atoms with E-state index in [0.29, 0.717) is 10.0 Å². The van der Waals surface area contributed by atoms with Crippen molar-refractivity contribution in [3.8, 4) is 0 Å². The summed E-state index contributed by atoms with van der Waals surface area (Å²) in [5, 5.41) is 11.6. The Morgan fingerprint density at radius 2 is 2.32 bits per heavy atom. The van der Waals surface area contributed by atoms with Crippen LogP contribution in [0, 0.1) is 0 Å². The Labute approximate surface area is 121 Å². The van der Waals surface area contributed by atoms with E-state index in [1.54, 1.807) is 16.9 Å². The van der Waals surface area contributed by atoms with Crippen molar-refractivity contribution in [2.45, 2.75) is 13.0 Å². The molecule has 1 heterocycles. The van der Waals surface area contributed by atoms with Gasteiger partial charge in [0.1, 0.15) is 4.99 Å². The number of rotatable bonds is 6. The number of anilines is 1. The number of hydrogen-bond donors (Lipinski definition) is 2. The number of aromatic nitrogens is 3. The highest BCUT2D eigenvalue weighted by Gasteiger charge is 2.05. The maximum atomic E-state index is 5.93. The smallest absolute Gasteiger partial charge is 0.106 e. The van der Waals surface area contributed by atoms with Gasteiger partial charge in [0, 0.05) is 35.6 Å². The quantitative estimate of drug-likeness (QED) is 0.631. The van der Waals surface area contributed by atoms with Gasteiger partial charge < -0.3 is 11.1 Å². The summed E-state index contributed by atoms with van der Waals surface area (Å²) in [7, 11) is 0. The summed E-state index contributed by atoms with van der Waals surface area (Å²) in [6.45, 7) is 1.60. The van der Waals surface area contributed by atoms with Crippen molar-refractivity contribution in [1.82, 2.24) is 15.0 Å². The van der Waals surface area contributed by atoms with Gasteiger partial charge in [-0.3, -0.25) is 4.68 Å². The van der Waals surface area contributed by atoms with Crippen LogP contribution in [0.1, 0.15) is 12.0 Å². The molecule has 0 radical (unpaired) electrons. The number of nitrogens with two attached hydrogens (primary N) is 1. The van der Waals surface area contributed by atoms with Crippen LogP contribution in [-0.2, 0) is 6.54 Å². The SMILES string of the molecule is NC(=S)c1cc(Cl)ccc1NCCCn1ccnn1. The van der Waals surface area contributed by atoms with E-state index in [4.69, 9.17) is 29.6 Å². The van der Waals surface area contributed by atoms with Gasteiger partial charge in [-0.15, -0.1) is 5.10 Å². The number of nitrogens with one attached hydrogen (secondary N) is 1. The van der Waals surface area contributed by atoms with E-state index in [1.165, 1.54) is 0 Å². The van der Waals surface area contributed by atoms with Gasteiger partial charge in [-0.05, 0) is 24.6 Å². The lowest BCUT2D eigenvalue weighted by Crippen LogP contribution is -2.14. The second kappa shape index (κ2) is 6.49. The van der Waals surface area contributed by atoms with E-state index in [9.17, 15) is 0 Å². The molecule has 0 fully saturated rings. The molecule has 0 saturated heterocycles. The predicted molar refractivity (Wildman–Crippen MR) is 80.5 cm³/mol. The fourth-order valence-corrected chi connectivity index (χ4v) is 2.03. The first kappa shape index (κ1) is 13.8. The second-order valence-corrected chi connectivity index (χ2v) is 4.88. The zero-order valence-corrected chi connectivity index (χ0v) is 11.8. The van der Waals surface area contributed by atoms with Gasteiger partial charge in [-0.2, -0.15) is 0 Å². The van der Waals surface area contributed by atoms with Crippen molar-refractivity contribution in [2.24, 2.45) is 5.73 Å². The second-order valence-electron chi connectivity index (χ2n) is 4.00. The van der Waals surface area contributed by atoms with Crippen molar-refractivity contribution in [1.29, 1.82) is 0 Å². The van der Waals surface area contributed by atoms with Crippen LogP contribution in [0.4, 0.5) is 5.69 Å². The Bertz CT molecular complexity index is 555. The van der Waals surface area contributed by atoms with Gasteiger partial charge in [0.05, 0.1) is 6.20 Å². The largest absolute Gasteiger partial charge is 0.389 e. The molecule has 1 aromatic heterocycles. The first-order chi connectivity index (χ1) is 9.16. The third-order valence-electron chi connectivity index (χ3n) is 2.60. The van der Waals surface area contributed by atoms with Gasteiger partial charge in [0.15, 0.2) is 0 Å². The number of hydrogen-bond acceptors (Lipinski definition) is 4. The zero-order chi connectivity index (χ0) is 13.7. The Hall–Kier alpha value is -1.66. The van der Waals surface area contributed by atoms with Crippen LogP contribution < -0.4 is 11.1 Å². The van der Waals surface area contributed by atoms with Crippen molar-refractivity contribution >= 4 is 34.5 Å². The topological polar surface area (TPSA) is 68.8 Å². The van der Waals surface area contributed by atoms with E-state index in [0.717, 1.165) is 30.8 Å². The highest BCUT2D eigenvalue weighted by atomic mass is 35.5. The lowest BCUT2D eigenvalue weighted by Gasteiger charge is -2.11. The minimum atomic E-state index is 0.335. The number of benzene rings is 1. The summed E-state index contributed by atoms with van der Waals surface area (Å²) >= 11 is 10.9. The normalized spacial score (nSPS) is 10.4. The number of nitrogens with zero attached hydrogens (tertiary/aromatic N) is 3. The molecule has 2 rings (SSSR count). The maximum absolute atomic E-state index is 5.93. The molecule has 3 N–H and O–H groups in total. The fraction of sp³-hybridized carbons (Fsp3) is 0.250. The molecule has 0 atom stereocenters. The standard InChI is InChI=1S/C12H14ClN5S/c13-9-2-3-11(10(8-9)12(14)19)15-4-1-6-18-7-5-16-17-18/h2-3,5,7-8,15H,1,4,6H2,(H2,14,19). The molecule has 0 aliphatic heterocycles. The molecule has 1 aromatic carbocycles. The molecular weight excluding hydrogens is 282 g/mol. The first-order valence-electron chi connectivity index (χ1n) is 5.84. The van der Waals surface area contributed by atoms with E-state index < -0.39 is 0 Å². The number of aryl methyl sites for hydroxylation is 1. The molecule has 0 saturated carbocycles. The predicted octanol–water partition coefficient (Wildman–Crippen LogP) is 2.07. The first-order valence-corrected chi connectivity index (χ1v) is 6.63. The van der Waals surface area contributed by atoms with Gasteiger partial charge >= 0.3 is 0 Å². The molecule has 0 unspecified atom stereocenters. The van der Waals surface area contributed by atoms with E-state index in [1.807, 2.05) is 18.3 Å². The average Bonchev–Trinajstić information content (AvgIpc) is 2.89. The number of thiocarbonyl (C=S) groups is 1.